The summed E-state index contributed by atoms with van der Waals surface area (Å²) in [5.41, 5.74) is 7.50. The molecule has 2 heterocycles. The topological polar surface area (TPSA) is 98.8 Å². The van der Waals surface area contributed by atoms with Crippen LogP contribution in [0.1, 0.15) is 49.7 Å². The number of nitrogens with one attached hydrogen (secondary N) is 1. The van der Waals surface area contributed by atoms with Gasteiger partial charge in [-0.2, -0.15) is 5.26 Å². The smallest absolute Gasteiger partial charge is 0.256 e. The highest BCUT2D eigenvalue weighted by Crippen LogP contribution is 2.31. The lowest BCUT2D eigenvalue weighted by Gasteiger charge is -2.31. The number of aromatic amines is 1. The molecule has 2 aromatic rings. The molecule has 4 rings (SSSR count). The van der Waals surface area contributed by atoms with Crippen molar-refractivity contribution in [3.8, 4) is 17.3 Å². The van der Waals surface area contributed by atoms with E-state index in [9.17, 15) is 9.18 Å². The molecule has 7 heteroatoms. The Morgan fingerprint density at radius 1 is 1.24 bits per heavy atom. The van der Waals surface area contributed by atoms with Gasteiger partial charge in [-0.25, -0.2) is 9.37 Å². The summed E-state index contributed by atoms with van der Waals surface area (Å²) in [6.07, 6.45) is 6.90. The molecule has 0 bridgehead atoms. The van der Waals surface area contributed by atoms with Gasteiger partial charge in [0, 0.05) is 30.3 Å². The normalized spacial score (nSPS) is 18.2. The van der Waals surface area contributed by atoms with E-state index in [2.05, 4.69) is 4.98 Å². The van der Waals surface area contributed by atoms with Crippen LogP contribution in [0.5, 0.6) is 0 Å². The molecule has 0 spiro atoms. The number of nitrogens with zero attached hydrogens (tertiary/aromatic N) is 3. The molecule has 1 saturated carbocycles. The minimum Gasteiger partial charge on any atom is -0.342 e. The average Bonchev–Trinajstić information content (AvgIpc) is 3.23. The Kier molecular flexibility index (Phi) is 5.63. The summed E-state index contributed by atoms with van der Waals surface area (Å²) >= 11 is 0. The van der Waals surface area contributed by atoms with E-state index in [4.69, 9.17) is 16.0 Å². The Bertz CT molecular complexity index is 982. The molecule has 3 N–H and O–H groups in total. The van der Waals surface area contributed by atoms with Crippen molar-refractivity contribution in [1.29, 1.82) is 5.26 Å². The highest BCUT2D eigenvalue weighted by atomic mass is 19.1. The van der Waals surface area contributed by atoms with Crippen molar-refractivity contribution in [1.82, 2.24) is 9.97 Å². The van der Waals surface area contributed by atoms with Crippen molar-refractivity contribution in [2.45, 2.75) is 51.0 Å². The first-order valence-corrected chi connectivity index (χ1v) is 10.4. The maximum absolute atomic E-state index is 14.3. The molecule has 1 aromatic carbocycles. The molecule has 0 radical (unpaired) electrons. The van der Waals surface area contributed by atoms with Gasteiger partial charge in [0.2, 0.25) is 5.95 Å². The number of rotatable bonds is 4. The standard InChI is InChI=1S/C22H26FN5O/c23-19-12-15(5-6-16(19)13-24)20-18(11-14-3-1-2-4-14)21(29)27-22(26-20)28-9-7-17(25)8-10-28/h5-6,12,14,17H,1-4,7-11,25H2,(H,26,27,29). The van der Waals surface area contributed by atoms with Crippen LogP contribution in [0.25, 0.3) is 11.3 Å². The van der Waals surface area contributed by atoms with E-state index >= 15 is 0 Å². The van der Waals surface area contributed by atoms with Crippen LogP contribution >= 0.6 is 0 Å². The van der Waals surface area contributed by atoms with Gasteiger partial charge in [0.25, 0.3) is 5.56 Å². The minimum atomic E-state index is -0.593. The van der Waals surface area contributed by atoms with Gasteiger partial charge >= 0.3 is 0 Å². The molecule has 0 amide bonds. The monoisotopic (exact) mass is 395 g/mol. The number of benzene rings is 1. The lowest BCUT2D eigenvalue weighted by Crippen LogP contribution is -2.41. The number of aromatic nitrogens is 2. The predicted molar refractivity (Wildman–Crippen MR) is 110 cm³/mol. The third-order valence-corrected chi connectivity index (χ3v) is 6.17. The fraction of sp³-hybridized carbons (Fsp3) is 0.500. The highest BCUT2D eigenvalue weighted by molar-refractivity contribution is 5.65. The summed E-state index contributed by atoms with van der Waals surface area (Å²) in [6.45, 7) is 1.46. The molecule has 2 aliphatic rings. The first-order valence-electron chi connectivity index (χ1n) is 10.4. The van der Waals surface area contributed by atoms with Crippen molar-refractivity contribution in [3.63, 3.8) is 0 Å². The third kappa shape index (κ3) is 4.18. The van der Waals surface area contributed by atoms with Gasteiger partial charge in [0.1, 0.15) is 11.9 Å². The van der Waals surface area contributed by atoms with Gasteiger partial charge in [-0.3, -0.25) is 9.78 Å². The molecule has 0 atom stereocenters. The van der Waals surface area contributed by atoms with Crippen molar-refractivity contribution in [2.75, 3.05) is 18.0 Å². The van der Waals surface area contributed by atoms with Crippen LogP contribution in [-0.2, 0) is 6.42 Å². The molecular weight excluding hydrogens is 369 g/mol. The second-order valence-electron chi connectivity index (χ2n) is 8.20. The summed E-state index contributed by atoms with van der Waals surface area (Å²) in [4.78, 5) is 22.8. The van der Waals surface area contributed by atoms with Crippen LogP contribution in [0.3, 0.4) is 0 Å². The second-order valence-corrected chi connectivity index (χ2v) is 8.20. The van der Waals surface area contributed by atoms with E-state index in [1.165, 1.54) is 25.0 Å². The van der Waals surface area contributed by atoms with Gasteiger partial charge in [-0.1, -0.05) is 31.7 Å². The number of halogens is 1. The van der Waals surface area contributed by atoms with Crippen molar-refractivity contribution >= 4 is 5.95 Å². The van der Waals surface area contributed by atoms with E-state index < -0.39 is 5.82 Å². The second kappa shape index (κ2) is 8.34. The quantitative estimate of drug-likeness (QED) is 0.829. The Labute approximate surface area is 169 Å². The van der Waals surface area contributed by atoms with Crippen LogP contribution in [-0.4, -0.2) is 29.1 Å². The van der Waals surface area contributed by atoms with E-state index in [1.807, 2.05) is 11.0 Å². The molecule has 1 saturated heterocycles. The van der Waals surface area contributed by atoms with Crippen LogP contribution in [0.4, 0.5) is 10.3 Å². The maximum atomic E-state index is 14.3. The van der Waals surface area contributed by atoms with Crippen molar-refractivity contribution < 1.29 is 4.39 Å². The number of hydrogen-bond acceptors (Lipinski definition) is 5. The lowest BCUT2D eigenvalue weighted by molar-refractivity contribution is 0.494. The minimum absolute atomic E-state index is 0.0128. The van der Waals surface area contributed by atoms with Crippen molar-refractivity contribution in [2.24, 2.45) is 11.7 Å². The number of nitrogens with two attached hydrogens (primary N) is 1. The first-order chi connectivity index (χ1) is 14.0. The van der Waals surface area contributed by atoms with Crippen LogP contribution < -0.4 is 16.2 Å². The fourth-order valence-corrected chi connectivity index (χ4v) is 4.43. The van der Waals surface area contributed by atoms with Crippen LogP contribution in [0, 0.1) is 23.1 Å². The zero-order chi connectivity index (χ0) is 20.4. The Morgan fingerprint density at radius 2 is 1.97 bits per heavy atom. The summed E-state index contributed by atoms with van der Waals surface area (Å²) in [7, 11) is 0. The van der Waals surface area contributed by atoms with Gasteiger partial charge in [0.15, 0.2) is 0 Å². The molecule has 29 heavy (non-hydrogen) atoms. The zero-order valence-corrected chi connectivity index (χ0v) is 16.5. The van der Waals surface area contributed by atoms with Crippen LogP contribution in [0.2, 0.25) is 0 Å². The van der Waals surface area contributed by atoms with Gasteiger partial charge in [-0.05, 0) is 37.3 Å². The number of anilines is 1. The number of H-pyrrole nitrogens is 1. The Balaban J connectivity index is 1.77. The predicted octanol–water partition coefficient (Wildman–Crippen LogP) is 3.11. The molecule has 1 aliphatic heterocycles. The Morgan fingerprint density at radius 3 is 2.62 bits per heavy atom. The zero-order valence-electron chi connectivity index (χ0n) is 16.5. The van der Waals surface area contributed by atoms with E-state index in [-0.39, 0.29) is 17.2 Å². The van der Waals surface area contributed by atoms with Gasteiger partial charge in [0.05, 0.1) is 11.3 Å². The summed E-state index contributed by atoms with van der Waals surface area (Å²) in [6, 6.07) is 6.46. The summed E-state index contributed by atoms with van der Waals surface area (Å²) in [5.74, 6) is 0.375. The van der Waals surface area contributed by atoms with E-state index in [0.717, 1.165) is 38.8 Å². The number of piperidine rings is 1. The van der Waals surface area contributed by atoms with E-state index in [1.54, 1.807) is 6.07 Å². The van der Waals surface area contributed by atoms with Crippen LogP contribution in [0.15, 0.2) is 23.0 Å². The van der Waals surface area contributed by atoms with Crippen molar-refractivity contribution in [3.05, 3.63) is 45.5 Å². The molecule has 1 aromatic heterocycles. The maximum Gasteiger partial charge on any atom is 0.256 e. The molecule has 1 aliphatic carbocycles. The fourth-order valence-electron chi connectivity index (χ4n) is 4.43. The molecule has 6 nitrogen and oxygen atoms in total. The number of nitriles is 1. The summed E-state index contributed by atoms with van der Waals surface area (Å²) in [5, 5.41) is 9.03. The molecule has 2 fully saturated rings. The SMILES string of the molecule is N#Cc1ccc(-c2nc(N3CCC(N)CC3)[nH]c(=O)c2CC2CCCC2)cc1F. The van der Waals surface area contributed by atoms with E-state index in [0.29, 0.717) is 35.1 Å². The average molecular weight is 395 g/mol. The summed E-state index contributed by atoms with van der Waals surface area (Å²) < 4.78 is 14.3. The largest absolute Gasteiger partial charge is 0.342 e. The molecule has 152 valence electrons. The Hall–Kier alpha value is -2.72. The van der Waals surface area contributed by atoms with Gasteiger partial charge < -0.3 is 10.6 Å². The lowest BCUT2D eigenvalue weighted by atomic mass is 9.95. The molecule has 0 unspecified atom stereocenters. The van der Waals surface area contributed by atoms with Gasteiger partial charge in [-0.15, -0.1) is 0 Å². The third-order valence-electron chi connectivity index (χ3n) is 6.17. The molecular formula is C22H26FN5O. The first kappa shape index (κ1) is 19.6. The highest BCUT2D eigenvalue weighted by Gasteiger charge is 2.24. The number of hydrogen-bond donors (Lipinski definition) is 2.